The molecule has 0 radical (unpaired) electrons. The van der Waals surface area contributed by atoms with Gasteiger partial charge in [-0.1, -0.05) is 38.0 Å². The molecule has 8 heteroatoms. The summed E-state index contributed by atoms with van der Waals surface area (Å²) in [4.78, 5) is 25.2. The maximum Gasteiger partial charge on any atom is 0.305 e. The highest BCUT2D eigenvalue weighted by Crippen LogP contribution is 2.35. The van der Waals surface area contributed by atoms with Gasteiger partial charge in [-0.3, -0.25) is 9.59 Å². The van der Waals surface area contributed by atoms with Gasteiger partial charge in [-0.15, -0.1) is 0 Å². The Morgan fingerprint density at radius 2 is 1.89 bits per heavy atom. The summed E-state index contributed by atoms with van der Waals surface area (Å²) in [6.07, 6.45) is 4.83. The molecule has 0 bridgehead atoms. The predicted molar refractivity (Wildman–Crippen MR) is 139 cm³/mol. The highest BCUT2D eigenvalue weighted by molar-refractivity contribution is 5.68. The number of fused-ring (bicyclic) bond motifs is 1. The van der Waals surface area contributed by atoms with Crippen molar-refractivity contribution >= 4 is 5.97 Å². The summed E-state index contributed by atoms with van der Waals surface area (Å²) in [6, 6.07) is 12.9. The lowest BCUT2D eigenvalue weighted by molar-refractivity contribution is -0.137. The number of carbonyl (C=O) groups is 1. The van der Waals surface area contributed by atoms with Gasteiger partial charge in [0.25, 0.3) is 5.56 Å². The molecule has 1 aromatic heterocycles. The van der Waals surface area contributed by atoms with Gasteiger partial charge in [-0.2, -0.15) is 0 Å². The minimum Gasteiger partial charge on any atom is -0.481 e. The number of ether oxygens (including phenoxy) is 2. The third-order valence-electron chi connectivity index (χ3n) is 6.62. The molecule has 1 aliphatic heterocycles. The van der Waals surface area contributed by atoms with Gasteiger partial charge in [0.05, 0.1) is 6.42 Å². The second kappa shape index (κ2) is 12.1. The molecule has 2 N–H and O–H groups in total. The largest absolute Gasteiger partial charge is 0.481 e. The standard InChI is InChI=1S/C29H33FN2O5/c1-3-4-5-24(16-31-25(15-28(33)34)21-8-11-26-27(14-21)37-18-36-26)32-17-19(2)12-22(29(32)35)13-20-6-9-23(30)10-7-20/h6-12,14,17,24-25,31H,3-5,13,15-16,18H2,1-2H3,(H,33,34)/t24?,25-/m0/s1. The van der Waals surface area contributed by atoms with Gasteiger partial charge < -0.3 is 24.5 Å². The first kappa shape index (κ1) is 26.4. The molecular formula is C29H33FN2O5. The number of nitrogens with zero attached hydrogens (tertiary/aromatic N) is 1. The van der Waals surface area contributed by atoms with Crippen LogP contribution in [-0.2, 0) is 11.2 Å². The Balaban J connectivity index is 1.59. The average Bonchev–Trinajstić information content (AvgIpc) is 3.34. The molecule has 3 aromatic rings. The van der Waals surface area contributed by atoms with E-state index in [1.807, 2.05) is 31.3 Å². The first-order valence-electron chi connectivity index (χ1n) is 12.6. The maximum atomic E-state index is 13.6. The molecule has 2 atom stereocenters. The van der Waals surface area contributed by atoms with Crippen molar-refractivity contribution < 1.29 is 23.8 Å². The Kier molecular flexibility index (Phi) is 8.61. The highest BCUT2D eigenvalue weighted by atomic mass is 19.1. The van der Waals surface area contributed by atoms with E-state index < -0.39 is 12.0 Å². The van der Waals surface area contributed by atoms with E-state index in [1.165, 1.54) is 12.1 Å². The number of nitrogens with one attached hydrogen (secondary N) is 1. The number of halogens is 1. The molecule has 1 unspecified atom stereocenters. The first-order chi connectivity index (χ1) is 17.8. The van der Waals surface area contributed by atoms with Crippen LogP contribution >= 0.6 is 0 Å². The second-order valence-electron chi connectivity index (χ2n) is 9.53. The van der Waals surface area contributed by atoms with Gasteiger partial charge in [0.15, 0.2) is 11.5 Å². The monoisotopic (exact) mass is 508 g/mol. The van der Waals surface area contributed by atoms with Crippen LogP contribution in [0.3, 0.4) is 0 Å². The molecular weight excluding hydrogens is 475 g/mol. The van der Waals surface area contributed by atoms with E-state index in [0.717, 1.165) is 36.0 Å². The number of aliphatic carboxylic acids is 1. The highest BCUT2D eigenvalue weighted by Gasteiger charge is 2.22. The summed E-state index contributed by atoms with van der Waals surface area (Å²) in [5.74, 6) is 0.000248. The zero-order valence-corrected chi connectivity index (χ0v) is 21.2. The van der Waals surface area contributed by atoms with E-state index in [1.54, 1.807) is 22.8 Å². The lowest BCUT2D eigenvalue weighted by Gasteiger charge is -2.25. The Morgan fingerprint density at radius 1 is 1.14 bits per heavy atom. The summed E-state index contributed by atoms with van der Waals surface area (Å²) < 4.78 is 26.0. The van der Waals surface area contributed by atoms with Crippen molar-refractivity contribution in [2.24, 2.45) is 0 Å². The SMILES string of the molecule is CCCCC(CN[C@@H](CC(=O)O)c1ccc2c(c1)OCO2)n1cc(C)cc(Cc2ccc(F)cc2)c1=O. The van der Waals surface area contributed by atoms with Gasteiger partial charge in [0.1, 0.15) is 5.82 Å². The lowest BCUT2D eigenvalue weighted by Crippen LogP contribution is -2.36. The molecule has 0 amide bonds. The topological polar surface area (TPSA) is 89.8 Å². The van der Waals surface area contributed by atoms with Crippen LogP contribution in [0.2, 0.25) is 0 Å². The van der Waals surface area contributed by atoms with Gasteiger partial charge in [-0.25, -0.2) is 4.39 Å². The Morgan fingerprint density at radius 3 is 2.62 bits per heavy atom. The average molecular weight is 509 g/mol. The van der Waals surface area contributed by atoms with Crippen molar-refractivity contribution in [3.05, 3.63) is 93.2 Å². The summed E-state index contributed by atoms with van der Waals surface area (Å²) in [6.45, 7) is 4.62. The molecule has 0 fully saturated rings. The van der Waals surface area contributed by atoms with Crippen molar-refractivity contribution in [1.29, 1.82) is 0 Å². The summed E-state index contributed by atoms with van der Waals surface area (Å²) >= 11 is 0. The van der Waals surface area contributed by atoms with Crippen LogP contribution < -0.4 is 20.3 Å². The van der Waals surface area contributed by atoms with E-state index in [2.05, 4.69) is 12.2 Å². The summed E-state index contributed by atoms with van der Waals surface area (Å²) in [7, 11) is 0. The number of benzene rings is 2. The van der Waals surface area contributed by atoms with Crippen LogP contribution in [-0.4, -0.2) is 29.0 Å². The van der Waals surface area contributed by atoms with Crippen molar-refractivity contribution in [2.75, 3.05) is 13.3 Å². The number of pyridine rings is 1. The van der Waals surface area contributed by atoms with E-state index in [4.69, 9.17) is 9.47 Å². The van der Waals surface area contributed by atoms with Gasteiger partial charge >= 0.3 is 5.97 Å². The lowest BCUT2D eigenvalue weighted by atomic mass is 10.0. The summed E-state index contributed by atoms with van der Waals surface area (Å²) in [5, 5.41) is 13.0. The minimum atomic E-state index is -0.922. The van der Waals surface area contributed by atoms with Gasteiger partial charge in [0.2, 0.25) is 6.79 Å². The number of carboxylic acid groups (broad SMARTS) is 1. The molecule has 1 aliphatic rings. The molecule has 7 nitrogen and oxygen atoms in total. The molecule has 0 aliphatic carbocycles. The fourth-order valence-corrected chi connectivity index (χ4v) is 4.71. The van der Waals surface area contributed by atoms with Crippen LogP contribution in [0.25, 0.3) is 0 Å². The molecule has 37 heavy (non-hydrogen) atoms. The maximum absolute atomic E-state index is 13.6. The quantitative estimate of drug-likeness (QED) is 0.352. The van der Waals surface area contributed by atoms with Gasteiger partial charge in [-0.05, 0) is 60.4 Å². The van der Waals surface area contributed by atoms with Crippen molar-refractivity contribution in [2.45, 2.75) is 58.0 Å². The molecule has 2 aromatic carbocycles. The number of hydrogen-bond acceptors (Lipinski definition) is 5. The fourth-order valence-electron chi connectivity index (χ4n) is 4.71. The molecule has 0 saturated heterocycles. The third kappa shape index (κ3) is 6.77. The fraction of sp³-hybridized carbons (Fsp3) is 0.379. The van der Waals surface area contributed by atoms with Crippen LogP contribution in [0.4, 0.5) is 4.39 Å². The van der Waals surface area contributed by atoms with Crippen LogP contribution in [0.5, 0.6) is 11.5 Å². The zero-order chi connectivity index (χ0) is 26.4. The van der Waals surface area contributed by atoms with Crippen LogP contribution in [0.1, 0.15) is 66.9 Å². The number of rotatable bonds is 12. The molecule has 2 heterocycles. The van der Waals surface area contributed by atoms with Crippen molar-refractivity contribution in [3.8, 4) is 11.5 Å². The number of aromatic nitrogens is 1. The number of aryl methyl sites for hydroxylation is 1. The molecule has 0 spiro atoms. The Hall–Kier alpha value is -3.65. The zero-order valence-electron chi connectivity index (χ0n) is 21.2. The van der Waals surface area contributed by atoms with E-state index in [9.17, 15) is 19.1 Å². The smallest absolute Gasteiger partial charge is 0.305 e. The van der Waals surface area contributed by atoms with Crippen LogP contribution in [0.15, 0.2) is 59.5 Å². The number of hydrogen-bond donors (Lipinski definition) is 2. The summed E-state index contributed by atoms with van der Waals surface area (Å²) in [5.41, 5.74) is 3.16. The van der Waals surface area contributed by atoms with Crippen LogP contribution in [0, 0.1) is 12.7 Å². The molecule has 4 rings (SSSR count). The second-order valence-corrected chi connectivity index (χ2v) is 9.53. The van der Waals surface area contributed by atoms with E-state index in [0.29, 0.717) is 30.0 Å². The number of unbranched alkanes of at least 4 members (excludes halogenated alkanes) is 1. The Bertz CT molecular complexity index is 1290. The van der Waals surface area contributed by atoms with Crippen molar-refractivity contribution in [3.63, 3.8) is 0 Å². The molecule has 196 valence electrons. The normalized spacial score (nSPS) is 13.9. The van der Waals surface area contributed by atoms with E-state index in [-0.39, 0.29) is 30.6 Å². The van der Waals surface area contributed by atoms with E-state index >= 15 is 0 Å². The third-order valence-corrected chi connectivity index (χ3v) is 6.62. The van der Waals surface area contributed by atoms with Gasteiger partial charge in [0, 0.05) is 36.8 Å². The van der Waals surface area contributed by atoms with Crippen molar-refractivity contribution in [1.82, 2.24) is 9.88 Å². The first-order valence-corrected chi connectivity index (χ1v) is 12.6. The predicted octanol–water partition coefficient (Wildman–Crippen LogP) is 5.15. The Labute approximate surface area is 215 Å². The minimum absolute atomic E-state index is 0.0873. The number of carboxylic acids is 1. The molecule has 0 saturated carbocycles.